The zero-order chi connectivity index (χ0) is 19.0. The van der Waals surface area contributed by atoms with Crippen molar-refractivity contribution < 1.29 is 9.53 Å². The second-order valence-corrected chi connectivity index (χ2v) is 7.20. The van der Waals surface area contributed by atoms with Crippen molar-refractivity contribution in [2.24, 2.45) is 0 Å². The van der Waals surface area contributed by atoms with Gasteiger partial charge in [-0.1, -0.05) is 0 Å². The predicted octanol–water partition coefficient (Wildman–Crippen LogP) is 2.22. The zero-order valence-corrected chi connectivity index (χ0v) is 15.9. The van der Waals surface area contributed by atoms with Gasteiger partial charge in [0.2, 0.25) is 0 Å². The standard InChI is InChI=1S/C19H24N6O2/c1-4-24-11-14(13(2)22-24)16-6-8-20-17-10-15(23-25(16)17)18(26)21-12-19(3)7-5-9-27-19/h6,8,10-11H,4-5,7,9,12H2,1-3H3,(H,21,26). The maximum atomic E-state index is 12.6. The third kappa shape index (κ3) is 3.32. The van der Waals surface area contributed by atoms with Gasteiger partial charge < -0.3 is 10.1 Å². The summed E-state index contributed by atoms with van der Waals surface area (Å²) in [5.41, 5.74) is 3.44. The molecule has 8 heteroatoms. The van der Waals surface area contributed by atoms with Crippen LogP contribution in [-0.2, 0) is 11.3 Å². The fraction of sp³-hybridized carbons (Fsp3) is 0.474. The first-order valence-corrected chi connectivity index (χ1v) is 9.30. The smallest absolute Gasteiger partial charge is 0.271 e. The highest BCUT2D eigenvalue weighted by molar-refractivity contribution is 5.93. The first-order valence-electron chi connectivity index (χ1n) is 9.30. The van der Waals surface area contributed by atoms with Gasteiger partial charge in [0, 0.05) is 43.7 Å². The van der Waals surface area contributed by atoms with Gasteiger partial charge in [0.25, 0.3) is 5.91 Å². The summed E-state index contributed by atoms with van der Waals surface area (Å²) in [6, 6.07) is 3.59. The fourth-order valence-electron chi connectivity index (χ4n) is 3.48. The van der Waals surface area contributed by atoms with Crippen LogP contribution in [-0.4, -0.2) is 49.0 Å². The van der Waals surface area contributed by atoms with Crippen molar-refractivity contribution in [1.82, 2.24) is 29.7 Å². The molecule has 0 aromatic carbocycles. The molecule has 4 heterocycles. The molecule has 1 saturated heterocycles. The molecule has 8 nitrogen and oxygen atoms in total. The third-order valence-electron chi connectivity index (χ3n) is 5.06. The minimum absolute atomic E-state index is 0.218. The molecule has 3 aromatic rings. The molecule has 0 bridgehead atoms. The first-order chi connectivity index (χ1) is 13.0. The second-order valence-electron chi connectivity index (χ2n) is 7.20. The van der Waals surface area contributed by atoms with Crippen LogP contribution in [0, 0.1) is 6.92 Å². The van der Waals surface area contributed by atoms with Crippen LogP contribution in [0.3, 0.4) is 0 Å². The van der Waals surface area contributed by atoms with Crippen LogP contribution in [0.4, 0.5) is 0 Å². The predicted molar refractivity (Wildman–Crippen MR) is 101 cm³/mol. The summed E-state index contributed by atoms with van der Waals surface area (Å²) in [4.78, 5) is 16.9. The Morgan fingerprint density at radius 2 is 2.26 bits per heavy atom. The quantitative estimate of drug-likeness (QED) is 0.746. The van der Waals surface area contributed by atoms with E-state index >= 15 is 0 Å². The molecule has 3 aromatic heterocycles. The molecule has 4 rings (SSSR count). The normalized spacial score (nSPS) is 19.7. The highest BCUT2D eigenvalue weighted by Crippen LogP contribution is 2.25. The number of amides is 1. The molecule has 142 valence electrons. The Balaban J connectivity index is 1.62. The molecular formula is C19H24N6O2. The highest BCUT2D eigenvalue weighted by Gasteiger charge is 2.30. The largest absolute Gasteiger partial charge is 0.373 e. The summed E-state index contributed by atoms with van der Waals surface area (Å²) in [6.45, 7) is 8.05. The van der Waals surface area contributed by atoms with Gasteiger partial charge >= 0.3 is 0 Å². The van der Waals surface area contributed by atoms with E-state index in [9.17, 15) is 4.79 Å². The fourth-order valence-corrected chi connectivity index (χ4v) is 3.48. The van der Waals surface area contributed by atoms with Crippen LogP contribution in [0.15, 0.2) is 24.5 Å². The molecule has 1 atom stereocenters. The monoisotopic (exact) mass is 368 g/mol. The van der Waals surface area contributed by atoms with Gasteiger partial charge in [-0.05, 0) is 39.7 Å². The molecule has 1 amide bonds. The van der Waals surface area contributed by atoms with Crippen LogP contribution in [0.1, 0.15) is 42.9 Å². The minimum Gasteiger partial charge on any atom is -0.373 e. The molecule has 0 spiro atoms. The van der Waals surface area contributed by atoms with E-state index < -0.39 is 0 Å². The van der Waals surface area contributed by atoms with Gasteiger partial charge in [-0.3, -0.25) is 9.48 Å². The van der Waals surface area contributed by atoms with Gasteiger partial charge in [0.05, 0.1) is 17.0 Å². The average molecular weight is 368 g/mol. The van der Waals surface area contributed by atoms with E-state index in [0.717, 1.165) is 42.9 Å². The molecule has 0 radical (unpaired) electrons. The topological polar surface area (TPSA) is 86.3 Å². The number of fused-ring (bicyclic) bond motifs is 1. The van der Waals surface area contributed by atoms with Crippen LogP contribution < -0.4 is 5.32 Å². The number of carbonyl (C=O) groups is 1. The lowest BCUT2D eigenvalue weighted by Gasteiger charge is -2.22. The second kappa shape index (κ2) is 6.77. The molecule has 1 N–H and O–H groups in total. The number of hydrogen-bond donors (Lipinski definition) is 1. The van der Waals surface area contributed by atoms with Gasteiger partial charge in [-0.15, -0.1) is 0 Å². The Bertz CT molecular complexity index is 983. The SMILES string of the molecule is CCn1cc(-c2ccnc3cc(C(=O)NCC4(C)CCCO4)nn23)c(C)n1. The first kappa shape index (κ1) is 17.7. The van der Waals surface area contributed by atoms with Crippen LogP contribution in [0.5, 0.6) is 0 Å². The van der Waals surface area contributed by atoms with Crippen molar-refractivity contribution in [1.29, 1.82) is 0 Å². The van der Waals surface area contributed by atoms with E-state index in [0.29, 0.717) is 17.9 Å². The molecule has 1 fully saturated rings. The number of nitrogens with zero attached hydrogens (tertiary/aromatic N) is 5. The summed E-state index contributed by atoms with van der Waals surface area (Å²) in [6.07, 6.45) is 5.69. The maximum Gasteiger partial charge on any atom is 0.271 e. The van der Waals surface area contributed by atoms with Crippen molar-refractivity contribution >= 4 is 11.6 Å². The van der Waals surface area contributed by atoms with Gasteiger partial charge in [-0.25, -0.2) is 9.50 Å². The van der Waals surface area contributed by atoms with Gasteiger partial charge in [-0.2, -0.15) is 10.2 Å². The van der Waals surface area contributed by atoms with Crippen molar-refractivity contribution in [2.45, 2.75) is 45.8 Å². The lowest BCUT2D eigenvalue weighted by molar-refractivity contribution is 0.0205. The average Bonchev–Trinajstić information content (AvgIpc) is 3.37. The number of aromatic nitrogens is 5. The Hall–Kier alpha value is -2.74. The van der Waals surface area contributed by atoms with E-state index in [-0.39, 0.29) is 11.5 Å². The van der Waals surface area contributed by atoms with Crippen molar-refractivity contribution in [3.8, 4) is 11.3 Å². The lowest BCUT2D eigenvalue weighted by atomic mass is 10.0. The van der Waals surface area contributed by atoms with Gasteiger partial charge in [0.15, 0.2) is 11.3 Å². The van der Waals surface area contributed by atoms with E-state index in [2.05, 4.69) is 20.5 Å². The van der Waals surface area contributed by atoms with Crippen molar-refractivity contribution in [2.75, 3.05) is 13.2 Å². The van der Waals surface area contributed by atoms with Crippen molar-refractivity contribution in [3.05, 3.63) is 35.9 Å². The molecule has 0 saturated carbocycles. The zero-order valence-electron chi connectivity index (χ0n) is 15.9. The number of carbonyl (C=O) groups excluding carboxylic acids is 1. The maximum absolute atomic E-state index is 12.6. The van der Waals surface area contributed by atoms with Crippen LogP contribution in [0.25, 0.3) is 16.9 Å². The Kier molecular flexibility index (Phi) is 4.43. The summed E-state index contributed by atoms with van der Waals surface area (Å²) in [5.74, 6) is -0.218. The van der Waals surface area contributed by atoms with Crippen LogP contribution >= 0.6 is 0 Å². The Morgan fingerprint density at radius 1 is 1.41 bits per heavy atom. The van der Waals surface area contributed by atoms with E-state index in [1.807, 2.05) is 37.7 Å². The Morgan fingerprint density at radius 3 is 2.96 bits per heavy atom. The Labute approximate surface area is 157 Å². The number of aryl methyl sites for hydroxylation is 2. The highest BCUT2D eigenvalue weighted by atomic mass is 16.5. The molecule has 1 aliphatic rings. The molecule has 0 aliphatic carbocycles. The third-order valence-corrected chi connectivity index (χ3v) is 5.06. The summed E-state index contributed by atoms with van der Waals surface area (Å²) in [5, 5.41) is 11.9. The number of nitrogens with one attached hydrogen (secondary N) is 1. The molecule has 1 aliphatic heterocycles. The van der Waals surface area contributed by atoms with E-state index in [4.69, 9.17) is 4.74 Å². The number of rotatable bonds is 5. The lowest BCUT2D eigenvalue weighted by Crippen LogP contribution is -2.40. The summed E-state index contributed by atoms with van der Waals surface area (Å²) >= 11 is 0. The van der Waals surface area contributed by atoms with Gasteiger partial charge in [0.1, 0.15) is 0 Å². The number of hydrogen-bond acceptors (Lipinski definition) is 5. The molecular weight excluding hydrogens is 344 g/mol. The van der Waals surface area contributed by atoms with Crippen LogP contribution in [0.2, 0.25) is 0 Å². The number of ether oxygens (including phenoxy) is 1. The van der Waals surface area contributed by atoms with E-state index in [1.165, 1.54) is 0 Å². The summed E-state index contributed by atoms with van der Waals surface area (Å²) in [7, 11) is 0. The van der Waals surface area contributed by atoms with Crippen molar-refractivity contribution in [3.63, 3.8) is 0 Å². The minimum atomic E-state index is -0.288. The molecule has 27 heavy (non-hydrogen) atoms. The molecule has 1 unspecified atom stereocenters. The van der Waals surface area contributed by atoms with E-state index in [1.54, 1.807) is 16.8 Å². The summed E-state index contributed by atoms with van der Waals surface area (Å²) < 4.78 is 9.31.